The van der Waals surface area contributed by atoms with Crippen LogP contribution in [0.1, 0.15) is 16.7 Å². The topological polar surface area (TPSA) is 121 Å². The summed E-state index contributed by atoms with van der Waals surface area (Å²) in [6.45, 7) is 0. The second-order valence-electron chi connectivity index (χ2n) is 7.57. The Bertz CT molecular complexity index is 1350. The van der Waals surface area contributed by atoms with Crippen molar-refractivity contribution in [2.75, 3.05) is 35.5 Å². The quantitative estimate of drug-likeness (QED) is 0.380. The number of ether oxygens (including phenoxy) is 5. The monoisotopic (exact) mass is 516 g/mol. The molecule has 0 aliphatic heterocycles. The van der Waals surface area contributed by atoms with Crippen molar-refractivity contribution in [3.63, 3.8) is 0 Å². The van der Waals surface area contributed by atoms with E-state index >= 15 is 0 Å². The maximum Gasteiger partial charge on any atom is 0.203 e. The average molecular weight is 517 g/mol. The van der Waals surface area contributed by atoms with E-state index < -0.39 is 15.6 Å². The van der Waals surface area contributed by atoms with Crippen LogP contribution in [-0.4, -0.2) is 54.2 Å². The minimum Gasteiger partial charge on any atom is -0.504 e. The van der Waals surface area contributed by atoms with Crippen LogP contribution in [0.25, 0.3) is 12.2 Å². The Morgan fingerprint density at radius 2 is 1.31 bits per heavy atom. The van der Waals surface area contributed by atoms with E-state index in [9.17, 15) is 18.6 Å². The van der Waals surface area contributed by atoms with E-state index in [1.807, 2.05) is 0 Å². The SMILES string of the molecule is COc1ccc(S(=O)(=O)Cc2c(/C=C\c3cc(OC)c(OC)c(OC)c3)ccc(O)c2OC)cc1O. The van der Waals surface area contributed by atoms with Crippen LogP contribution in [0.5, 0.6) is 40.2 Å². The first-order valence-electron chi connectivity index (χ1n) is 10.7. The third-order valence-electron chi connectivity index (χ3n) is 5.47. The van der Waals surface area contributed by atoms with E-state index in [-0.39, 0.29) is 33.5 Å². The van der Waals surface area contributed by atoms with Gasteiger partial charge in [-0.25, -0.2) is 8.42 Å². The molecule has 3 rings (SSSR count). The molecule has 0 aromatic heterocycles. The standard InChI is InChI=1S/C26H28O9S/c1-31-22-11-9-18(14-21(22)28)36(29,30)15-19-17(8-10-20(27)25(19)34-4)7-6-16-12-23(32-2)26(35-5)24(13-16)33-3/h6-14,27-28H,15H2,1-5H3/b7-6-. The smallest absolute Gasteiger partial charge is 0.203 e. The van der Waals surface area contributed by atoms with Crippen LogP contribution in [0.15, 0.2) is 47.4 Å². The summed E-state index contributed by atoms with van der Waals surface area (Å²) in [6, 6.07) is 10.3. The summed E-state index contributed by atoms with van der Waals surface area (Å²) in [5, 5.41) is 20.4. The van der Waals surface area contributed by atoms with Crippen LogP contribution in [0, 0.1) is 0 Å². The van der Waals surface area contributed by atoms with Crippen LogP contribution in [-0.2, 0) is 15.6 Å². The molecule has 0 saturated carbocycles. The molecule has 0 amide bonds. The molecule has 0 unspecified atom stereocenters. The van der Waals surface area contributed by atoms with Crippen molar-refractivity contribution in [3.8, 4) is 40.2 Å². The summed E-state index contributed by atoms with van der Waals surface area (Å²) in [5.41, 5.74) is 1.45. The van der Waals surface area contributed by atoms with E-state index in [1.165, 1.54) is 53.7 Å². The molecule has 36 heavy (non-hydrogen) atoms. The zero-order chi connectivity index (χ0) is 26.5. The first-order chi connectivity index (χ1) is 17.2. The molecule has 2 N–H and O–H groups in total. The van der Waals surface area contributed by atoms with Gasteiger partial charge in [-0.3, -0.25) is 0 Å². The van der Waals surface area contributed by atoms with Gasteiger partial charge in [0.05, 0.1) is 46.2 Å². The number of phenolic OH excluding ortho intramolecular Hbond substituents is 2. The Morgan fingerprint density at radius 3 is 1.83 bits per heavy atom. The highest BCUT2D eigenvalue weighted by Crippen LogP contribution is 2.40. The molecule has 0 aliphatic rings. The third kappa shape index (κ3) is 5.44. The number of rotatable bonds is 10. The van der Waals surface area contributed by atoms with Gasteiger partial charge >= 0.3 is 0 Å². The van der Waals surface area contributed by atoms with Crippen LogP contribution in [0.2, 0.25) is 0 Å². The lowest BCUT2D eigenvalue weighted by Crippen LogP contribution is -2.08. The fourth-order valence-corrected chi connectivity index (χ4v) is 5.09. The van der Waals surface area contributed by atoms with Gasteiger partial charge in [-0.2, -0.15) is 0 Å². The molecule has 0 bridgehead atoms. The number of hydrogen-bond acceptors (Lipinski definition) is 9. The van der Waals surface area contributed by atoms with Gasteiger partial charge in [-0.15, -0.1) is 0 Å². The highest BCUT2D eigenvalue weighted by atomic mass is 32.2. The zero-order valence-electron chi connectivity index (χ0n) is 20.6. The molecule has 0 fully saturated rings. The molecule has 9 nitrogen and oxygen atoms in total. The number of methoxy groups -OCH3 is 5. The Kier molecular flexibility index (Phi) is 8.21. The molecular formula is C26H28O9S. The Hall–Kier alpha value is -4.05. The Labute approximate surface area is 210 Å². The van der Waals surface area contributed by atoms with Crippen LogP contribution < -0.4 is 23.7 Å². The number of phenols is 2. The van der Waals surface area contributed by atoms with Gasteiger partial charge in [0.25, 0.3) is 0 Å². The molecule has 0 radical (unpaired) electrons. The van der Waals surface area contributed by atoms with Crippen LogP contribution in [0.4, 0.5) is 0 Å². The summed E-state index contributed by atoms with van der Waals surface area (Å²) in [5.74, 6) is 0.544. The van der Waals surface area contributed by atoms with Gasteiger partial charge in [0, 0.05) is 11.6 Å². The lowest BCUT2D eigenvalue weighted by atomic mass is 10.0. The first kappa shape index (κ1) is 26.6. The van der Waals surface area contributed by atoms with Crippen molar-refractivity contribution < 1.29 is 42.3 Å². The van der Waals surface area contributed by atoms with E-state index in [2.05, 4.69) is 0 Å². The summed E-state index contributed by atoms with van der Waals surface area (Å²) in [4.78, 5) is -0.106. The second kappa shape index (κ2) is 11.1. The van der Waals surface area contributed by atoms with Gasteiger partial charge in [0.2, 0.25) is 5.75 Å². The highest BCUT2D eigenvalue weighted by molar-refractivity contribution is 7.90. The van der Waals surface area contributed by atoms with Gasteiger partial charge in [-0.1, -0.05) is 18.2 Å². The van der Waals surface area contributed by atoms with E-state index in [4.69, 9.17) is 23.7 Å². The molecule has 0 aliphatic carbocycles. The zero-order valence-corrected chi connectivity index (χ0v) is 21.4. The maximum absolute atomic E-state index is 13.2. The van der Waals surface area contributed by atoms with Gasteiger partial charge < -0.3 is 33.9 Å². The Morgan fingerprint density at radius 1 is 0.694 bits per heavy atom. The molecule has 0 atom stereocenters. The Balaban J connectivity index is 2.07. The minimum absolute atomic E-state index is 0.0309. The average Bonchev–Trinajstić information content (AvgIpc) is 2.87. The molecule has 0 heterocycles. The fraction of sp³-hybridized carbons (Fsp3) is 0.231. The highest BCUT2D eigenvalue weighted by Gasteiger charge is 2.23. The van der Waals surface area contributed by atoms with Gasteiger partial charge in [0.1, 0.15) is 0 Å². The fourth-order valence-electron chi connectivity index (χ4n) is 3.68. The minimum atomic E-state index is -3.94. The second-order valence-corrected chi connectivity index (χ2v) is 9.56. The molecule has 3 aromatic rings. The molecule has 0 saturated heterocycles. The lowest BCUT2D eigenvalue weighted by Gasteiger charge is -2.15. The van der Waals surface area contributed by atoms with Gasteiger partial charge in [-0.05, 0) is 41.5 Å². The van der Waals surface area contributed by atoms with Crippen molar-refractivity contribution in [2.24, 2.45) is 0 Å². The summed E-state index contributed by atoms with van der Waals surface area (Å²) >= 11 is 0. The molecule has 192 valence electrons. The normalized spacial score (nSPS) is 11.4. The molecule has 0 spiro atoms. The van der Waals surface area contributed by atoms with E-state index in [1.54, 1.807) is 30.4 Å². The number of benzene rings is 3. The van der Waals surface area contributed by atoms with Crippen molar-refractivity contribution in [1.82, 2.24) is 0 Å². The molecular weight excluding hydrogens is 488 g/mol. The van der Waals surface area contributed by atoms with Crippen LogP contribution >= 0.6 is 0 Å². The maximum atomic E-state index is 13.2. The predicted octanol–water partition coefficient (Wildman–Crippen LogP) is 4.29. The van der Waals surface area contributed by atoms with Crippen LogP contribution in [0.3, 0.4) is 0 Å². The summed E-state index contributed by atoms with van der Waals surface area (Å²) in [7, 11) is 3.30. The number of sulfone groups is 1. The molecule has 10 heteroatoms. The van der Waals surface area contributed by atoms with E-state index in [0.717, 1.165) is 6.07 Å². The van der Waals surface area contributed by atoms with Crippen molar-refractivity contribution in [2.45, 2.75) is 10.6 Å². The predicted molar refractivity (Wildman–Crippen MR) is 135 cm³/mol. The van der Waals surface area contributed by atoms with Crippen molar-refractivity contribution >= 4 is 22.0 Å². The third-order valence-corrected chi connectivity index (χ3v) is 7.11. The number of hydrogen-bond donors (Lipinski definition) is 2. The van der Waals surface area contributed by atoms with Crippen molar-refractivity contribution in [1.29, 1.82) is 0 Å². The lowest BCUT2D eigenvalue weighted by molar-refractivity contribution is 0.324. The van der Waals surface area contributed by atoms with Gasteiger partial charge in [0.15, 0.2) is 44.3 Å². The molecule has 3 aromatic carbocycles. The van der Waals surface area contributed by atoms with E-state index in [0.29, 0.717) is 28.4 Å². The summed E-state index contributed by atoms with van der Waals surface area (Å²) < 4.78 is 52.9. The first-order valence-corrected chi connectivity index (χ1v) is 12.3. The largest absolute Gasteiger partial charge is 0.504 e. The summed E-state index contributed by atoms with van der Waals surface area (Å²) in [6.07, 6.45) is 3.44. The van der Waals surface area contributed by atoms with Crippen molar-refractivity contribution in [3.05, 3.63) is 59.2 Å². The number of aromatic hydroxyl groups is 2.